The molecule has 1 saturated heterocycles. The molecule has 2 amide bonds. The van der Waals surface area contributed by atoms with Crippen LogP contribution in [0.5, 0.6) is 0 Å². The van der Waals surface area contributed by atoms with Gasteiger partial charge in [0.2, 0.25) is 0 Å². The van der Waals surface area contributed by atoms with Gasteiger partial charge in [0.25, 0.3) is 0 Å². The molecule has 0 aliphatic carbocycles. The zero-order chi connectivity index (χ0) is 13.6. The first-order valence-corrected chi connectivity index (χ1v) is 6.24. The molecule has 18 heavy (non-hydrogen) atoms. The SMILES string of the molecule is CC(C)(CC(=O)O)NC(=O)NCC1CCCOC1. The predicted molar refractivity (Wildman–Crippen MR) is 66.4 cm³/mol. The molecule has 6 heteroatoms. The van der Waals surface area contributed by atoms with Gasteiger partial charge in [-0.25, -0.2) is 4.79 Å². The molecule has 1 aliphatic rings. The molecule has 1 rings (SSSR count). The number of hydrogen-bond acceptors (Lipinski definition) is 3. The second kappa shape index (κ2) is 6.58. The van der Waals surface area contributed by atoms with Crippen molar-refractivity contribution in [3.63, 3.8) is 0 Å². The van der Waals surface area contributed by atoms with Crippen molar-refractivity contribution >= 4 is 12.0 Å². The number of carboxylic acid groups (broad SMARTS) is 1. The highest BCUT2D eigenvalue weighted by atomic mass is 16.5. The average molecular weight is 258 g/mol. The number of ether oxygens (including phenoxy) is 1. The molecular weight excluding hydrogens is 236 g/mol. The zero-order valence-electron chi connectivity index (χ0n) is 11.0. The third kappa shape index (κ3) is 5.86. The highest BCUT2D eigenvalue weighted by Gasteiger charge is 2.24. The Morgan fingerprint density at radius 1 is 1.44 bits per heavy atom. The third-order valence-electron chi connectivity index (χ3n) is 2.85. The Hall–Kier alpha value is -1.30. The van der Waals surface area contributed by atoms with Crippen molar-refractivity contribution in [2.75, 3.05) is 19.8 Å². The molecule has 3 N–H and O–H groups in total. The molecular formula is C12H22N2O4. The van der Waals surface area contributed by atoms with E-state index in [2.05, 4.69) is 10.6 Å². The van der Waals surface area contributed by atoms with Crippen LogP contribution in [0.1, 0.15) is 33.1 Å². The smallest absolute Gasteiger partial charge is 0.315 e. The summed E-state index contributed by atoms with van der Waals surface area (Å²) in [6.07, 6.45) is 1.98. The van der Waals surface area contributed by atoms with E-state index in [0.29, 0.717) is 19.1 Å². The highest BCUT2D eigenvalue weighted by Crippen LogP contribution is 2.12. The number of hydrogen-bond donors (Lipinski definition) is 3. The second-order valence-corrected chi connectivity index (χ2v) is 5.37. The molecule has 1 atom stereocenters. The van der Waals surface area contributed by atoms with E-state index in [9.17, 15) is 9.59 Å². The van der Waals surface area contributed by atoms with E-state index < -0.39 is 11.5 Å². The third-order valence-corrected chi connectivity index (χ3v) is 2.85. The van der Waals surface area contributed by atoms with Crippen LogP contribution in [-0.4, -0.2) is 42.4 Å². The molecule has 6 nitrogen and oxygen atoms in total. The topological polar surface area (TPSA) is 87.7 Å². The normalized spacial score (nSPS) is 20.2. The van der Waals surface area contributed by atoms with Gasteiger partial charge in [-0.15, -0.1) is 0 Å². The summed E-state index contributed by atoms with van der Waals surface area (Å²) in [5, 5.41) is 14.1. The fraction of sp³-hybridized carbons (Fsp3) is 0.833. The van der Waals surface area contributed by atoms with Gasteiger partial charge in [-0.2, -0.15) is 0 Å². The lowest BCUT2D eigenvalue weighted by Crippen LogP contribution is -2.50. The van der Waals surface area contributed by atoms with Crippen molar-refractivity contribution in [1.82, 2.24) is 10.6 Å². The molecule has 0 aromatic rings. The lowest BCUT2D eigenvalue weighted by atomic mass is 10.0. The number of rotatable bonds is 5. The molecule has 1 unspecified atom stereocenters. The lowest BCUT2D eigenvalue weighted by Gasteiger charge is -2.26. The van der Waals surface area contributed by atoms with Gasteiger partial charge < -0.3 is 20.5 Å². The summed E-state index contributed by atoms with van der Waals surface area (Å²) in [7, 11) is 0. The van der Waals surface area contributed by atoms with Crippen LogP contribution < -0.4 is 10.6 Å². The molecule has 0 bridgehead atoms. The van der Waals surface area contributed by atoms with Gasteiger partial charge in [0.05, 0.1) is 13.0 Å². The Labute approximate surface area is 107 Å². The Morgan fingerprint density at radius 2 is 2.17 bits per heavy atom. The summed E-state index contributed by atoms with van der Waals surface area (Å²) in [6, 6.07) is -0.327. The van der Waals surface area contributed by atoms with Crippen LogP contribution in [0.15, 0.2) is 0 Å². The van der Waals surface area contributed by atoms with Crippen molar-refractivity contribution in [1.29, 1.82) is 0 Å². The number of carbonyl (C=O) groups excluding carboxylic acids is 1. The maximum absolute atomic E-state index is 11.6. The number of aliphatic carboxylic acids is 1. The first kappa shape index (κ1) is 14.8. The average Bonchev–Trinajstić information content (AvgIpc) is 2.25. The Morgan fingerprint density at radius 3 is 2.72 bits per heavy atom. The van der Waals surface area contributed by atoms with Crippen molar-refractivity contribution in [3.8, 4) is 0 Å². The predicted octanol–water partition coefficient (Wildman–Crippen LogP) is 0.965. The van der Waals surface area contributed by atoms with E-state index in [0.717, 1.165) is 19.4 Å². The van der Waals surface area contributed by atoms with Crippen LogP contribution in [0.2, 0.25) is 0 Å². The van der Waals surface area contributed by atoms with E-state index in [-0.39, 0.29) is 12.5 Å². The van der Waals surface area contributed by atoms with Crippen molar-refractivity contribution in [2.45, 2.75) is 38.6 Å². The van der Waals surface area contributed by atoms with E-state index in [1.165, 1.54) is 0 Å². The minimum absolute atomic E-state index is 0.104. The summed E-state index contributed by atoms with van der Waals surface area (Å²) in [5.41, 5.74) is -0.751. The van der Waals surface area contributed by atoms with Crippen LogP contribution in [0.3, 0.4) is 0 Å². The minimum atomic E-state index is -0.930. The Balaban J connectivity index is 2.25. The largest absolute Gasteiger partial charge is 0.481 e. The molecule has 0 aromatic heterocycles. The monoisotopic (exact) mass is 258 g/mol. The van der Waals surface area contributed by atoms with Gasteiger partial charge in [0.15, 0.2) is 0 Å². The number of urea groups is 1. The summed E-state index contributed by atoms with van der Waals surface area (Å²) < 4.78 is 5.32. The molecule has 0 saturated carbocycles. The molecule has 0 aromatic carbocycles. The summed E-state index contributed by atoms with van der Waals surface area (Å²) >= 11 is 0. The number of carboxylic acids is 1. The van der Waals surface area contributed by atoms with Crippen LogP contribution >= 0.6 is 0 Å². The van der Waals surface area contributed by atoms with Crippen LogP contribution in [0.25, 0.3) is 0 Å². The molecule has 1 aliphatic heterocycles. The first-order valence-electron chi connectivity index (χ1n) is 6.24. The maximum atomic E-state index is 11.6. The van der Waals surface area contributed by atoms with Gasteiger partial charge in [0.1, 0.15) is 0 Å². The second-order valence-electron chi connectivity index (χ2n) is 5.37. The van der Waals surface area contributed by atoms with Gasteiger partial charge in [-0.05, 0) is 32.6 Å². The van der Waals surface area contributed by atoms with E-state index >= 15 is 0 Å². The molecule has 104 valence electrons. The van der Waals surface area contributed by atoms with Gasteiger partial charge in [0, 0.05) is 18.7 Å². The molecule has 0 radical (unpaired) electrons. The lowest BCUT2D eigenvalue weighted by molar-refractivity contribution is -0.138. The van der Waals surface area contributed by atoms with Crippen LogP contribution in [0.4, 0.5) is 4.79 Å². The van der Waals surface area contributed by atoms with Crippen LogP contribution in [-0.2, 0) is 9.53 Å². The van der Waals surface area contributed by atoms with Gasteiger partial charge >= 0.3 is 12.0 Å². The minimum Gasteiger partial charge on any atom is -0.481 e. The van der Waals surface area contributed by atoms with Crippen molar-refractivity contribution in [2.24, 2.45) is 5.92 Å². The quantitative estimate of drug-likeness (QED) is 0.685. The number of amides is 2. The molecule has 0 spiro atoms. The van der Waals surface area contributed by atoms with Crippen molar-refractivity contribution < 1.29 is 19.4 Å². The Kier molecular flexibility index (Phi) is 5.40. The summed E-state index contributed by atoms with van der Waals surface area (Å²) in [4.78, 5) is 22.2. The van der Waals surface area contributed by atoms with E-state index in [4.69, 9.17) is 9.84 Å². The zero-order valence-corrected chi connectivity index (χ0v) is 11.0. The van der Waals surface area contributed by atoms with Gasteiger partial charge in [-0.3, -0.25) is 4.79 Å². The Bertz CT molecular complexity index is 298. The number of nitrogens with one attached hydrogen (secondary N) is 2. The fourth-order valence-electron chi connectivity index (χ4n) is 1.98. The molecule has 1 fully saturated rings. The van der Waals surface area contributed by atoms with E-state index in [1.54, 1.807) is 13.8 Å². The van der Waals surface area contributed by atoms with E-state index in [1.807, 2.05) is 0 Å². The number of carbonyl (C=O) groups is 2. The maximum Gasteiger partial charge on any atom is 0.315 e. The van der Waals surface area contributed by atoms with Crippen LogP contribution in [0, 0.1) is 5.92 Å². The standard InChI is InChI=1S/C12H22N2O4/c1-12(2,6-10(15)16)14-11(17)13-7-9-4-3-5-18-8-9/h9H,3-8H2,1-2H3,(H,15,16)(H2,13,14,17). The van der Waals surface area contributed by atoms with Gasteiger partial charge in [-0.1, -0.05) is 0 Å². The highest BCUT2D eigenvalue weighted by molar-refractivity contribution is 5.76. The summed E-state index contributed by atoms with van der Waals surface area (Å²) in [6.45, 7) is 5.41. The summed E-state index contributed by atoms with van der Waals surface area (Å²) in [5.74, 6) is -0.576. The fourth-order valence-corrected chi connectivity index (χ4v) is 1.98. The van der Waals surface area contributed by atoms with Crippen molar-refractivity contribution in [3.05, 3.63) is 0 Å². The molecule has 1 heterocycles. The first-order chi connectivity index (χ1) is 8.39.